The molecule has 1 aromatic heterocycles. The molecule has 0 bridgehead atoms. The maximum Gasteiger partial charge on any atom is 0.275 e. The summed E-state index contributed by atoms with van der Waals surface area (Å²) < 4.78 is 7.35. The Balaban J connectivity index is 1.74. The highest BCUT2D eigenvalue weighted by atomic mass is 35.5. The molecule has 0 unspecified atom stereocenters. The highest BCUT2D eigenvalue weighted by molar-refractivity contribution is 6.31. The number of rotatable bonds is 7. The van der Waals surface area contributed by atoms with E-state index in [2.05, 4.69) is 10.4 Å². The Kier molecular flexibility index (Phi) is 6.59. The highest BCUT2D eigenvalue weighted by Crippen LogP contribution is 2.32. The quantitative estimate of drug-likeness (QED) is 0.377. The van der Waals surface area contributed by atoms with Gasteiger partial charge in [0.1, 0.15) is 11.5 Å². The summed E-state index contributed by atoms with van der Waals surface area (Å²) in [6, 6.07) is 9.14. The number of aromatic nitrogens is 2. The SMILES string of the molecule is Cc1cc(Cl)ccc1Oc1cc(NC(=O)CCn2cc(Cl)c(C)n2)cc([N+](=O)[O-])c1. The van der Waals surface area contributed by atoms with Gasteiger partial charge in [0.25, 0.3) is 5.69 Å². The Morgan fingerprint density at radius 2 is 2.00 bits per heavy atom. The van der Waals surface area contributed by atoms with E-state index in [1.807, 2.05) is 6.92 Å². The number of nitrogens with one attached hydrogen (secondary N) is 1. The number of carbonyl (C=O) groups excluding carboxylic acids is 1. The van der Waals surface area contributed by atoms with Gasteiger partial charge in [-0.25, -0.2) is 0 Å². The van der Waals surface area contributed by atoms with Crippen LogP contribution in [0.5, 0.6) is 11.5 Å². The van der Waals surface area contributed by atoms with E-state index in [9.17, 15) is 14.9 Å². The molecule has 1 N–H and O–H groups in total. The zero-order chi connectivity index (χ0) is 21.8. The number of halogens is 2. The summed E-state index contributed by atoms with van der Waals surface area (Å²) in [4.78, 5) is 23.1. The molecule has 8 nitrogen and oxygen atoms in total. The molecule has 10 heteroatoms. The van der Waals surface area contributed by atoms with Gasteiger partial charge in [-0.3, -0.25) is 19.6 Å². The number of ether oxygens (including phenoxy) is 1. The van der Waals surface area contributed by atoms with Crippen LogP contribution in [-0.4, -0.2) is 20.6 Å². The van der Waals surface area contributed by atoms with E-state index in [4.69, 9.17) is 27.9 Å². The summed E-state index contributed by atoms with van der Waals surface area (Å²) in [5, 5.41) is 19.2. The molecule has 156 valence electrons. The number of nitro groups is 1. The molecule has 0 saturated heterocycles. The molecule has 0 aliphatic carbocycles. The second kappa shape index (κ2) is 9.15. The lowest BCUT2D eigenvalue weighted by Gasteiger charge is -2.11. The maximum absolute atomic E-state index is 12.3. The number of anilines is 1. The summed E-state index contributed by atoms with van der Waals surface area (Å²) in [5.41, 5.74) is 1.50. The van der Waals surface area contributed by atoms with Gasteiger partial charge in [-0.2, -0.15) is 5.10 Å². The standard InChI is InChI=1S/C20H18Cl2N4O4/c1-12-7-14(21)3-4-19(12)30-17-9-15(8-16(10-17)26(28)29)23-20(27)5-6-25-11-18(22)13(2)24-25/h3-4,7-11H,5-6H2,1-2H3,(H,23,27). The molecule has 0 aliphatic heterocycles. The van der Waals surface area contributed by atoms with Crippen molar-refractivity contribution in [2.45, 2.75) is 26.8 Å². The van der Waals surface area contributed by atoms with Gasteiger partial charge in [-0.1, -0.05) is 23.2 Å². The lowest BCUT2D eigenvalue weighted by molar-refractivity contribution is -0.384. The van der Waals surface area contributed by atoms with Gasteiger partial charge in [-0.15, -0.1) is 0 Å². The van der Waals surface area contributed by atoms with Gasteiger partial charge >= 0.3 is 0 Å². The minimum atomic E-state index is -0.550. The number of amides is 1. The van der Waals surface area contributed by atoms with Crippen LogP contribution in [0.4, 0.5) is 11.4 Å². The van der Waals surface area contributed by atoms with Crippen LogP contribution in [0.25, 0.3) is 0 Å². The van der Waals surface area contributed by atoms with Crippen molar-refractivity contribution in [1.29, 1.82) is 0 Å². The van der Waals surface area contributed by atoms with E-state index in [1.165, 1.54) is 18.2 Å². The second-order valence-electron chi connectivity index (χ2n) is 6.61. The monoisotopic (exact) mass is 448 g/mol. The molecule has 0 radical (unpaired) electrons. The summed E-state index contributed by atoms with van der Waals surface area (Å²) in [7, 11) is 0. The van der Waals surface area contributed by atoms with Crippen molar-refractivity contribution in [3.05, 3.63) is 74.0 Å². The third kappa shape index (κ3) is 5.49. The van der Waals surface area contributed by atoms with Crippen LogP contribution in [0.3, 0.4) is 0 Å². The van der Waals surface area contributed by atoms with Crippen LogP contribution >= 0.6 is 23.2 Å². The number of non-ortho nitro benzene ring substituents is 1. The third-order valence-electron chi connectivity index (χ3n) is 4.21. The van der Waals surface area contributed by atoms with E-state index < -0.39 is 4.92 Å². The maximum atomic E-state index is 12.3. The van der Waals surface area contributed by atoms with E-state index in [-0.39, 0.29) is 29.5 Å². The Morgan fingerprint density at radius 3 is 2.63 bits per heavy atom. The van der Waals surface area contributed by atoms with Gasteiger partial charge in [-0.05, 0) is 37.6 Å². The third-order valence-corrected chi connectivity index (χ3v) is 4.81. The summed E-state index contributed by atoms with van der Waals surface area (Å²) in [6.07, 6.45) is 1.75. The van der Waals surface area contributed by atoms with Crippen LogP contribution in [0.15, 0.2) is 42.6 Å². The first kappa shape index (κ1) is 21.6. The normalized spacial score (nSPS) is 10.7. The number of nitrogens with zero attached hydrogens (tertiary/aromatic N) is 3. The number of benzene rings is 2. The first-order valence-corrected chi connectivity index (χ1v) is 9.70. The molecule has 0 saturated carbocycles. The first-order valence-electron chi connectivity index (χ1n) is 8.94. The highest BCUT2D eigenvalue weighted by Gasteiger charge is 2.14. The Morgan fingerprint density at radius 1 is 1.23 bits per heavy atom. The van der Waals surface area contributed by atoms with Gasteiger partial charge in [0.2, 0.25) is 5.91 Å². The van der Waals surface area contributed by atoms with Crippen molar-refractivity contribution in [3.8, 4) is 11.5 Å². The minimum absolute atomic E-state index is 0.118. The Hall–Kier alpha value is -3.10. The van der Waals surface area contributed by atoms with Crippen molar-refractivity contribution < 1.29 is 14.5 Å². The minimum Gasteiger partial charge on any atom is -0.457 e. The Bertz CT molecular complexity index is 1090. The lowest BCUT2D eigenvalue weighted by Crippen LogP contribution is -2.15. The van der Waals surface area contributed by atoms with E-state index in [1.54, 1.807) is 36.0 Å². The fourth-order valence-electron chi connectivity index (χ4n) is 2.72. The number of nitro benzene ring substituents is 1. The number of carbonyl (C=O) groups is 1. The molecule has 2 aromatic carbocycles. The van der Waals surface area contributed by atoms with Crippen LogP contribution < -0.4 is 10.1 Å². The molecule has 3 aromatic rings. The molecule has 3 rings (SSSR count). The fourth-order valence-corrected chi connectivity index (χ4v) is 3.10. The van der Waals surface area contributed by atoms with Crippen LogP contribution in [0.2, 0.25) is 10.0 Å². The van der Waals surface area contributed by atoms with Crippen molar-refractivity contribution in [3.63, 3.8) is 0 Å². The van der Waals surface area contributed by atoms with E-state index in [0.717, 1.165) is 5.56 Å². The molecule has 0 atom stereocenters. The van der Waals surface area contributed by atoms with Crippen molar-refractivity contribution >= 4 is 40.5 Å². The summed E-state index contributed by atoms with van der Waals surface area (Å²) in [5.74, 6) is 0.399. The largest absolute Gasteiger partial charge is 0.457 e. The van der Waals surface area contributed by atoms with Gasteiger partial charge in [0.15, 0.2) is 0 Å². The number of aryl methyl sites for hydroxylation is 3. The van der Waals surface area contributed by atoms with Crippen molar-refractivity contribution in [2.75, 3.05) is 5.32 Å². The average molecular weight is 449 g/mol. The molecular formula is C20H18Cl2N4O4. The second-order valence-corrected chi connectivity index (χ2v) is 7.45. The molecule has 1 amide bonds. The zero-order valence-electron chi connectivity index (χ0n) is 16.2. The summed E-state index contributed by atoms with van der Waals surface area (Å²) in [6.45, 7) is 3.90. The molecule has 30 heavy (non-hydrogen) atoms. The lowest BCUT2D eigenvalue weighted by atomic mass is 10.2. The predicted octanol–water partition coefficient (Wildman–Crippen LogP) is 5.54. The molecular weight excluding hydrogens is 431 g/mol. The van der Waals surface area contributed by atoms with Gasteiger partial charge in [0, 0.05) is 36.3 Å². The molecule has 0 aliphatic rings. The van der Waals surface area contributed by atoms with Crippen LogP contribution in [-0.2, 0) is 11.3 Å². The molecule has 1 heterocycles. The predicted molar refractivity (Wildman–Crippen MR) is 115 cm³/mol. The van der Waals surface area contributed by atoms with Crippen molar-refractivity contribution in [1.82, 2.24) is 9.78 Å². The van der Waals surface area contributed by atoms with Crippen LogP contribution in [0, 0.1) is 24.0 Å². The topological polar surface area (TPSA) is 99.3 Å². The van der Waals surface area contributed by atoms with Gasteiger partial charge < -0.3 is 10.1 Å². The first-order chi connectivity index (χ1) is 14.2. The van der Waals surface area contributed by atoms with E-state index >= 15 is 0 Å². The average Bonchev–Trinajstić information content (AvgIpc) is 3.00. The number of hydrogen-bond donors (Lipinski definition) is 1. The van der Waals surface area contributed by atoms with Crippen LogP contribution in [0.1, 0.15) is 17.7 Å². The smallest absolute Gasteiger partial charge is 0.275 e. The molecule has 0 spiro atoms. The molecule has 0 fully saturated rings. The van der Waals surface area contributed by atoms with Crippen molar-refractivity contribution in [2.24, 2.45) is 0 Å². The zero-order valence-corrected chi connectivity index (χ0v) is 17.7. The number of hydrogen-bond acceptors (Lipinski definition) is 5. The summed E-state index contributed by atoms with van der Waals surface area (Å²) >= 11 is 11.9. The van der Waals surface area contributed by atoms with E-state index in [0.29, 0.717) is 28.0 Å². The fraction of sp³-hybridized carbons (Fsp3) is 0.200. The Labute approximate surface area is 182 Å². The van der Waals surface area contributed by atoms with Gasteiger partial charge in [0.05, 0.1) is 27.4 Å².